The van der Waals surface area contributed by atoms with Crippen molar-refractivity contribution in [2.45, 2.75) is 62.9 Å². The summed E-state index contributed by atoms with van der Waals surface area (Å²) in [4.78, 5) is 29.2. The Morgan fingerprint density at radius 3 is 2.39 bits per heavy atom. The summed E-state index contributed by atoms with van der Waals surface area (Å²) in [7, 11) is 0. The zero-order chi connectivity index (χ0) is 26.7. The molecule has 0 aromatic heterocycles. The van der Waals surface area contributed by atoms with Crippen LogP contribution in [0.4, 0.5) is 4.39 Å². The van der Waals surface area contributed by atoms with Crippen molar-refractivity contribution in [2.75, 3.05) is 5.75 Å². The summed E-state index contributed by atoms with van der Waals surface area (Å²) in [6, 6.07) is 23.2. The van der Waals surface area contributed by atoms with Crippen molar-refractivity contribution in [3.05, 3.63) is 106 Å². The number of hydrogen-bond acceptors (Lipinski definition) is 3. The molecule has 1 N–H and O–H groups in total. The number of amides is 2. The predicted molar refractivity (Wildman–Crippen MR) is 154 cm³/mol. The molecule has 4 nitrogen and oxygen atoms in total. The molecule has 4 rings (SSSR count). The maximum absolute atomic E-state index is 14.1. The first-order chi connectivity index (χ1) is 18.5. The van der Waals surface area contributed by atoms with Gasteiger partial charge in [0.15, 0.2) is 0 Å². The summed E-state index contributed by atoms with van der Waals surface area (Å²) >= 11 is 7.61. The second kappa shape index (κ2) is 14.4. The first-order valence-corrected chi connectivity index (χ1v) is 14.7. The molecule has 1 fully saturated rings. The summed E-state index contributed by atoms with van der Waals surface area (Å²) in [5.74, 6) is -0.0592. The molecule has 0 saturated heterocycles. The first-order valence-electron chi connectivity index (χ1n) is 13.2. The topological polar surface area (TPSA) is 49.4 Å². The van der Waals surface area contributed by atoms with Crippen molar-refractivity contribution in [1.82, 2.24) is 10.2 Å². The quantitative estimate of drug-likeness (QED) is 0.284. The fourth-order valence-electron chi connectivity index (χ4n) is 4.88. The lowest BCUT2D eigenvalue weighted by Gasteiger charge is -2.33. The minimum Gasteiger partial charge on any atom is -0.352 e. The Hall–Kier alpha value is -2.83. The van der Waals surface area contributed by atoms with Crippen molar-refractivity contribution >= 4 is 35.2 Å². The van der Waals surface area contributed by atoms with Crippen LogP contribution in [0.3, 0.4) is 0 Å². The maximum atomic E-state index is 14.1. The molecule has 0 radical (unpaired) electrons. The lowest BCUT2D eigenvalue weighted by molar-refractivity contribution is -0.139. The van der Waals surface area contributed by atoms with E-state index in [0.29, 0.717) is 22.8 Å². The van der Waals surface area contributed by atoms with E-state index in [2.05, 4.69) is 5.32 Å². The highest BCUT2D eigenvalue weighted by molar-refractivity contribution is 7.99. The number of benzene rings is 3. The Labute approximate surface area is 234 Å². The summed E-state index contributed by atoms with van der Waals surface area (Å²) in [6.07, 6.45) is 5.73. The Balaban J connectivity index is 1.57. The highest BCUT2D eigenvalue weighted by atomic mass is 35.5. The van der Waals surface area contributed by atoms with Gasteiger partial charge in [0.05, 0.1) is 5.75 Å². The van der Waals surface area contributed by atoms with Crippen LogP contribution in [0.5, 0.6) is 0 Å². The molecular formula is C31H34ClFN2O2S. The second-order valence-electron chi connectivity index (χ2n) is 9.78. The van der Waals surface area contributed by atoms with Gasteiger partial charge in [0.25, 0.3) is 0 Å². The van der Waals surface area contributed by atoms with Crippen LogP contribution in [0.25, 0.3) is 0 Å². The molecule has 0 spiro atoms. The zero-order valence-corrected chi connectivity index (χ0v) is 23.0. The molecule has 2 amide bonds. The smallest absolute Gasteiger partial charge is 0.243 e. The molecule has 0 aliphatic heterocycles. The van der Waals surface area contributed by atoms with Crippen LogP contribution in [-0.2, 0) is 28.3 Å². The van der Waals surface area contributed by atoms with Crippen molar-refractivity contribution in [2.24, 2.45) is 0 Å². The molecule has 1 atom stereocenters. The van der Waals surface area contributed by atoms with Gasteiger partial charge in [0.2, 0.25) is 11.8 Å². The Morgan fingerprint density at radius 2 is 1.66 bits per heavy atom. The summed E-state index contributed by atoms with van der Waals surface area (Å²) < 4.78 is 14.1. The minimum absolute atomic E-state index is 0.129. The van der Waals surface area contributed by atoms with Crippen LogP contribution in [0.2, 0.25) is 5.02 Å². The number of halogens is 2. The average Bonchev–Trinajstić information content (AvgIpc) is 2.93. The average molecular weight is 553 g/mol. The maximum Gasteiger partial charge on any atom is 0.243 e. The van der Waals surface area contributed by atoms with Gasteiger partial charge in [-0.3, -0.25) is 9.59 Å². The SMILES string of the molecule is O=C(NC1CCCCC1)[C@H](Cc1ccccc1)N(Cc1cccc(Cl)c1)C(=O)CSCc1ccccc1F. The van der Waals surface area contributed by atoms with E-state index in [1.165, 1.54) is 24.2 Å². The lowest BCUT2D eigenvalue weighted by atomic mass is 9.94. The first kappa shape index (κ1) is 28.2. The largest absolute Gasteiger partial charge is 0.352 e. The molecule has 1 aliphatic rings. The van der Waals surface area contributed by atoms with Gasteiger partial charge in [0.1, 0.15) is 11.9 Å². The molecule has 0 heterocycles. The molecule has 3 aromatic carbocycles. The second-order valence-corrected chi connectivity index (χ2v) is 11.2. The molecule has 0 unspecified atom stereocenters. The highest BCUT2D eigenvalue weighted by Crippen LogP contribution is 2.22. The van der Waals surface area contributed by atoms with Gasteiger partial charge in [-0.15, -0.1) is 11.8 Å². The van der Waals surface area contributed by atoms with Gasteiger partial charge < -0.3 is 10.2 Å². The van der Waals surface area contributed by atoms with Crippen molar-refractivity contribution < 1.29 is 14.0 Å². The van der Waals surface area contributed by atoms with E-state index >= 15 is 0 Å². The van der Waals surface area contributed by atoms with Crippen LogP contribution in [-0.4, -0.2) is 34.6 Å². The standard InChI is InChI=1S/C31H34ClFN2O2S/c32-26-14-9-12-24(18-26)20-35(30(36)22-38-21-25-13-7-8-17-28(25)33)29(19-23-10-3-1-4-11-23)31(37)34-27-15-5-2-6-16-27/h1,3-4,7-14,17-18,27,29H,2,5-6,15-16,19-22H2,(H,34,37)/t29-/m0/s1. The van der Waals surface area contributed by atoms with Crippen LogP contribution < -0.4 is 5.32 Å². The third-order valence-corrected chi connectivity index (χ3v) is 8.11. The fourth-order valence-corrected chi connectivity index (χ4v) is 5.99. The van der Waals surface area contributed by atoms with E-state index in [-0.39, 0.29) is 36.0 Å². The number of hydrogen-bond donors (Lipinski definition) is 1. The fraction of sp³-hybridized carbons (Fsp3) is 0.355. The van der Waals surface area contributed by atoms with E-state index in [9.17, 15) is 14.0 Å². The van der Waals surface area contributed by atoms with Crippen LogP contribution in [0.1, 0.15) is 48.8 Å². The van der Waals surface area contributed by atoms with Crippen molar-refractivity contribution in [3.8, 4) is 0 Å². The van der Waals surface area contributed by atoms with E-state index in [0.717, 1.165) is 36.8 Å². The summed E-state index contributed by atoms with van der Waals surface area (Å²) in [5, 5.41) is 3.82. The van der Waals surface area contributed by atoms with Crippen molar-refractivity contribution in [3.63, 3.8) is 0 Å². The van der Waals surface area contributed by atoms with Gasteiger partial charge in [-0.05, 0) is 47.7 Å². The molecule has 1 saturated carbocycles. The van der Waals surface area contributed by atoms with Gasteiger partial charge in [-0.2, -0.15) is 0 Å². The number of nitrogens with one attached hydrogen (secondary N) is 1. The van der Waals surface area contributed by atoms with E-state index < -0.39 is 6.04 Å². The molecule has 200 valence electrons. The van der Waals surface area contributed by atoms with E-state index in [1.807, 2.05) is 48.5 Å². The van der Waals surface area contributed by atoms with E-state index in [4.69, 9.17) is 11.6 Å². The van der Waals surface area contributed by atoms with Crippen molar-refractivity contribution in [1.29, 1.82) is 0 Å². The molecule has 1 aliphatic carbocycles. The molecule has 0 bridgehead atoms. The summed E-state index contributed by atoms with van der Waals surface area (Å²) in [6.45, 7) is 0.259. The number of rotatable bonds is 11. The number of nitrogens with zero attached hydrogens (tertiary/aromatic N) is 1. The summed E-state index contributed by atoms with van der Waals surface area (Å²) in [5.41, 5.74) is 2.40. The normalized spacial score (nSPS) is 14.6. The number of carbonyl (C=O) groups excluding carboxylic acids is 2. The monoisotopic (exact) mass is 552 g/mol. The van der Waals surface area contributed by atoms with E-state index in [1.54, 1.807) is 29.2 Å². The Morgan fingerprint density at radius 1 is 0.947 bits per heavy atom. The third kappa shape index (κ3) is 8.34. The van der Waals surface area contributed by atoms with Crippen LogP contribution >= 0.6 is 23.4 Å². The molecule has 38 heavy (non-hydrogen) atoms. The Kier molecular flexibility index (Phi) is 10.6. The highest BCUT2D eigenvalue weighted by Gasteiger charge is 2.32. The lowest BCUT2D eigenvalue weighted by Crippen LogP contribution is -2.53. The molecule has 3 aromatic rings. The Bertz CT molecular complexity index is 1200. The third-order valence-electron chi connectivity index (χ3n) is 6.91. The number of thioether (sulfide) groups is 1. The van der Waals surface area contributed by atoms with Crippen LogP contribution in [0, 0.1) is 5.82 Å². The van der Waals surface area contributed by atoms with Gasteiger partial charge in [-0.1, -0.05) is 91.5 Å². The number of carbonyl (C=O) groups is 2. The van der Waals surface area contributed by atoms with Gasteiger partial charge in [0, 0.05) is 29.8 Å². The predicted octanol–water partition coefficient (Wildman–Crippen LogP) is 6.80. The molecular weight excluding hydrogens is 519 g/mol. The van der Waals surface area contributed by atoms with Gasteiger partial charge >= 0.3 is 0 Å². The minimum atomic E-state index is -0.681. The molecule has 7 heteroatoms. The van der Waals surface area contributed by atoms with Crippen LogP contribution in [0.15, 0.2) is 78.9 Å². The van der Waals surface area contributed by atoms with Gasteiger partial charge in [-0.25, -0.2) is 4.39 Å². The zero-order valence-electron chi connectivity index (χ0n) is 21.5.